The van der Waals surface area contributed by atoms with E-state index in [9.17, 15) is 4.79 Å². The van der Waals surface area contributed by atoms with Crippen LogP contribution >= 0.6 is 0 Å². The summed E-state index contributed by atoms with van der Waals surface area (Å²) >= 11 is 0. The molecule has 1 heterocycles. The van der Waals surface area contributed by atoms with Gasteiger partial charge in [-0.05, 0) is 25.5 Å². The van der Waals surface area contributed by atoms with E-state index in [1.54, 1.807) is 13.0 Å². The molecule has 0 saturated carbocycles. The topological polar surface area (TPSA) is 66.9 Å². The van der Waals surface area contributed by atoms with Gasteiger partial charge < -0.3 is 10.6 Å². The van der Waals surface area contributed by atoms with Crippen LogP contribution in [0.2, 0.25) is 0 Å². The zero-order chi connectivity index (χ0) is 15.1. The van der Waals surface area contributed by atoms with Crippen LogP contribution in [-0.2, 0) is 0 Å². The maximum atomic E-state index is 11.4. The van der Waals surface area contributed by atoms with Gasteiger partial charge in [-0.25, -0.2) is 9.97 Å². The number of nitrogens with one attached hydrogen (secondary N) is 2. The Morgan fingerprint density at radius 3 is 2.76 bits per heavy atom. The second-order valence-electron chi connectivity index (χ2n) is 4.83. The third-order valence-electron chi connectivity index (χ3n) is 3.05. The quantitative estimate of drug-likeness (QED) is 0.600. The second-order valence-corrected chi connectivity index (χ2v) is 4.83. The van der Waals surface area contributed by atoms with Gasteiger partial charge in [-0.3, -0.25) is 4.79 Å². The fourth-order valence-electron chi connectivity index (χ4n) is 1.88. The third-order valence-corrected chi connectivity index (χ3v) is 3.05. The molecule has 0 radical (unpaired) electrons. The molecule has 2 rings (SSSR count). The lowest BCUT2D eigenvalue weighted by Gasteiger charge is -2.09. The predicted octanol–water partition coefficient (Wildman–Crippen LogP) is 3.63. The van der Waals surface area contributed by atoms with E-state index in [4.69, 9.17) is 0 Å². The standard InChI is InChI=1S/C16H20N4O/c1-3-4-8-17-15-10-16(19-11-18-15)20-14-7-5-6-13(9-14)12(2)21/h5-7,9-11H,3-4,8H2,1-2H3,(H2,17,18,19,20). The molecule has 5 heteroatoms. The van der Waals surface area contributed by atoms with Crippen LogP contribution in [0.25, 0.3) is 0 Å². The molecule has 0 amide bonds. The average molecular weight is 284 g/mol. The molecule has 0 unspecified atom stereocenters. The number of hydrogen-bond donors (Lipinski definition) is 2. The first-order valence-electron chi connectivity index (χ1n) is 7.13. The minimum atomic E-state index is 0.0447. The second kappa shape index (κ2) is 7.38. The number of carbonyl (C=O) groups is 1. The van der Waals surface area contributed by atoms with Crippen molar-refractivity contribution in [1.29, 1.82) is 0 Å². The predicted molar refractivity (Wildman–Crippen MR) is 85.2 cm³/mol. The Morgan fingerprint density at radius 2 is 2.00 bits per heavy atom. The van der Waals surface area contributed by atoms with E-state index in [0.29, 0.717) is 11.4 Å². The Kier molecular flexibility index (Phi) is 5.26. The van der Waals surface area contributed by atoms with Crippen LogP contribution in [0.5, 0.6) is 0 Å². The monoisotopic (exact) mass is 284 g/mol. The van der Waals surface area contributed by atoms with Gasteiger partial charge in [0, 0.05) is 23.9 Å². The van der Waals surface area contributed by atoms with Gasteiger partial charge in [-0.15, -0.1) is 0 Å². The van der Waals surface area contributed by atoms with Gasteiger partial charge in [-0.2, -0.15) is 0 Å². The smallest absolute Gasteiger partial charge is 0.159 e. The molecule has 0 spiro atoms. The van der Waals surface area contributed by atoms with Crippen molar-refractivity contribution in [3.05, 3.63) is 42.2 Å². The maximum absolute atomic E-state index is 11.4. The highest BCUT2D eigenvalue weighted by Gasteiger charge is 2.02. The third kappa shape index (κ3) is 4.56. The van der Waals surface area contributed by atoms with Crippen molar-refractivity contribution in [2.75, 3.05) is 17.2 Å². The molecule has 0 bridgehead atoms. The van der Waals surface area contributed by atoms with Gasteiger partial charge >= 0.3 is 0 Å². The molecule has 2 N–H and O–H groups in total. The Labute approximate surface area is 124 Å². The van der Waals surface area contributed by atoms with Gasteiger partial charge in [-0.1, -0.05) is 25.5 Å². The first-order chi connectivity index (χ1) is 10.2. The van der Waals surface area contributed by atoms with Gasteiger partial charge in [0.15, 0.2) is 5.78 Å². The molecule has 0 saturated heterocycles. The average Bonchev–Trinajstić information content (AvgIpc) is 2.48. The summed E-state index contributed by atoms with van der Waals surface area (Å²) in [5, 5.41) is 6.44. The number of nitrogens with zero attached hydrogens (tertiary/aromatic N) is 2. The van der Waals surface area contributed by atoms with Crippen molar-refractivity contribution < 1.29 is 4.79 Å². The molecule has 0 atom stereocenters. The first-order valence-corrected chi connectivity index (χ1v) is 7.13. The summed E-state index contributed by atoms with van der Waals surface area (Å²) in [6, 6.07) is 9.22. The summed E-state index contributed by atoms with van der Waals surface area (Å²) in [6.07, 6.45) is 3.76. The highest BCUT2D eigenvalue weighted by Crippen LogP contribution is 2.17. The van der Waals surface area contributed by atoms with Crippen LogP contribution < -0.4 is 10.6 Å². The highest BCUT2D eigenvalue weighted by atomic mass is 16.1. The van der Waals surface area contributed by atoms with E-state index in [2.05, 4.69) is 27.5 Å². The summed E-state index contributed by atoms with van der Waals surface area (Å²) < 4.78 is 0. The summed E-state index contributed by atoms with van der Waals surface area (Å²) in [7, 11) is 0. The molecule has 0 aliphatic heterocycles. The van der Waals surface area contributed by atoms with E-state index < -0.39 is 0 Å². The molecule has 2 aromatic rings. The maximum Gasteiger partial charge on any atom is 0.159 e. The molecule has 110 valence electrons. The molecular formula is C16H20N4O. The fourth-order valence-corrected chi connectivity index (χ4v) is 1.88. The van der Waals surface area contributed by atoms with Crippen molar-refractivity contribution in [1.82, 2.24) is 9.97 Å². The molecule has 21 heavy (non-hydrogen) atoms. The van der Waals surface area contributed by atoms with Crippen LogP contribution in [0.4, 0.5) is 17.3 Å². The zero-order valence-electron chi connectivity index (χ0n) is 12.4. The number of unbranched alkanes of at least 4 members (excludes halogenated alkanes) is 1. The van der Waals surface area contributed by atoms with E-state index in [0.717, 1.165) is 30.9 Å². The Morgan fingerprint density at radius 1 is 1.19 bits per heavy atom. The van der Waals surface area contributed by atoms with Crippen molar-refractivity contribution in [2.45, 2.75) is 26.7 Å². The number of hydrogen-bond acceptors (Lipinski definition) is 5. The molecule has 0 aliphatic carbocycles. The Balaban J connectivity index is 2.07. The normalized spacial score (nSPS) is 10.2. The largest absolute Gasteiger partial charge is 0.370 e. The van der Waals surface area contributed by atoms with Crippen molar-refractivity contribution in [2.24, 2.45) is 0 Å². The molecule has 0 fully saturated rings. The SMILES string of the molecule is CCCCNc1cc(Nc2cccc(C(C)=O)c2)ncn1. The number of carbonyl (C=O) groups excluding carboxylic acids is 1. The Bertz CT molecular complexity index is 613. The van der Waals surface area contributed by atoms with Gasteiger partial charge in [0.1, 0.15) is 18.0 Å². The summed E-state index contributed by atoms with van der Waals surface area (Å²) in [4.78, 5) is 19.8. The molecule has 5 nitrogen and oxygen atoms in total. The minimum Gasteiger partial charge on any atom is -0.370 e. The minimum absolute atomic E-state index is 0.0447. The van der Waals surface area contributed by atoms with Gasteiger partial charge in [0.25, 0.3) is 0 Å². The van der Waals surface area contributed by atoms with Crippen LogP contribution in [-0.4, -0.2) is 22.3 Å². The molecule has 1 aromatic heterocycles. The van der Waals surface area contributed by atoms with E-state index >= 15 is 0 Å². The Hall–Kier alpha value is -2.43. The highest BCUT2D eigenvalue weighted by molar-refractivity contribution is 5.95. The molecule has 1 aromatic carbocycles. The number of Topliss-reactive ketones (excluding diaryl/α,β-unsaturated/α-hetero) is 1. The van der Waals surface area contributed by atoms with Crippen LogP contribution in [0.1, 0.15) is 37.0 Å². The lowest BCUT2D eigenvalue weighted by Crippen LogP contribution is -2.04. The van der Waals surface area contributed by atoms with E-state index in [1.807, 2.05) is 24.3 Å². The van der Waals surface area contributed by atoms with Crippen molar-refractivity contribution in [3.63, 3.8) is 0 Å². The fraction of sp³-hybridized carbons (Fsp3) is 0.312. The van der Waals surface area contributed by atoms with Crippen LogP contribution in [0.3, 0.4) is 0 Å². The van der Waals surface area contributed by atoms with Crippen LogP contribution in [0.15, 0.2) is 36.7 Å². The lowest BCUT2D eigenvalue weighted by molar-refractivity contribution is 0.101. The van der Waals surface area contributed by atoms with Crippen molar-refractivity contribution in [3.8, 4) is 0 Å². The summed E-state index contributed by atoms with van der Waals surface area (Å²) in [5.41, 5.74) is 1.51. The van der Waals surface area contributed by atoms with E-state index in [-0.39, 0.29) is 5.78 Å². The van der Waals surface area contributed by atoms with Gasteiger partial charge in [0.05, 0.1) is 0 Å². The van der Waals surface area contributed by atoms with E-state index in [1.165, 1.54) is 6.33 Å². The number of aromatic nitrogens is 2. The number of benzene rings is 1. The number of rotatable bonds is 7. The first kappa shape index (κ1) is 15.0. The van der Waals surface area contributed by atoms with Gasteiger partial charge in [0.2, 0.25) is 0 Å². The molecular weight excluding hydrogens is 264 g/mol. The summed E-state index contributed by atoms with van der Waals surface area (Å²) in [5.74, 6) is 1.54. The lowest BCUT2D eigenvalue weighted by atomic mass is 10.1. The van der Waals surface area contributed by atoms with Crippen molar-refractivity contribution >= 4 is 23.1 Å². The van der Waals surface area contributed by atoms with Crippen LogP contribution in [0, 0.1) is 0 Å². The summed E-state index contributed by atoms with van der Waals surface area (Å²) in [6.45, 7) is 4.60. The molecule has 0 aliphatic rings. The number of ketones is 1. The number of anilines is 3. The zero-order valence-corrected chi connectivity index (χ0v) is 12.4.